The number of hydrogen-bond donors (Lipinski definition) is 3. The standard InChI is InChI=1S/C23H30N6O3/c1-23(9-10-23)25-22(30)32-15-8-7-14(11-15)18-12-20(27-26-18)24-17-6-4-5-16-19(13-31-3)28-29(2)21(16)17/h4-6,12,14-15H,7-11,13H2,1-3H3,(H,25,30)(H2,24,26,27). The number of nitrogens with one attached hydrogen (secondary N) is 3. The highest BCUT2D eigenvalue weighted by Gasteiger charge is 2.40. The molecule has 9 nitrogen and oxygen atoms in total. The number of H-pyrrole nitrogens is 1. The Bertz CT molecular complexity index is 1130. The highest BCUT2D eigenvalue weighted by Crippen LogP contribution is 2.38. The van der Waals surface area contributed by atoms with E-state index in [1.54, 1.807) is 7.11 Å². The number of rotatable bonds is 7. The highest BCUT2D eigenvalue weighted by atomic mass is 16.6. The quantitative estimate of drug-likeness (QED) is 0.513. The van der Waals surface area contributed by atoms with E-state index in [1.807, 2.05) is 29.9 Å². The van der Waals surface area contributed by atoms with E-state index in [9.17, 15) is 4.79 Å². The molecule has 3 aromatic rings. The fraction of sp³-hybridized carbons (Fsp3) is 0.522. The van der Waals surface area contributed by atoms with Crippen molar-refractivity contribution in [3.8, 4) is 0 Å². The lowest BCUT2D eigenvalue weighted by molar-refractivity contribution is 0.0967. The molecule has 2 atom stereocenters. The third kappa shape index (κ3) is 4.17. The van der Waals surface area contributed by atoms with Gasteiger partial charge in [-0.05, 0) is 45.1 Å². The van der Waals surface area contributed by atoms with Gasteiger partial charge < -0.3 is 20.1 Å². The molecule has 2 fully saturated rings. The number of benzene rings is 1. The predicted octanol–water partition coefficient (Wildman–Crippen LogP) is 4.10. The predicted molar refractivity (Wildman–Crippen MR) is 121 cm³/mol. The number of fused-ring (bicyclic) bond motifs is 1. The molecule has 0 aliphatic heterocycles. The second-order valence-corrected chi connectivity index (χ2v) is 9.26. The van der Waals surface area contributed by atoms with E-state index in [2.05, 4.69) is 38.9 Å². The summed E-state index contributed by atoms with van der Waals surface area (Å²) in [6, 6.07) is 8.12. The molecule has 5 rings (SSSR count). The monoisotopic (exact) mass is 438 g/mol. The number of methoxy groups -OCH3 is 1. The molecule has 0 saturated heterocycles. The van der Waals surface area contributed by atoms with Crippen LogP contribution in [0.5, 0.6) is 0 Å². The summed E-state index contributed by atoms with van der Waals surface area (Å²) in [7, 11) is 3.60. The Morgan fingerprint density at radius 1 is 1.34 bits per heavy atom. The van der Waals surface area contributed by atoms with Crippen LogP contribution in [0.2, 0.25) is 0 Å². The normalized spacial score (nSPS) is 21.6. The summed E-state index contributed by atoms with van der Waals surface area (Å²) in [6.07, 6.45) is 4.36. The van der Waals surface area contributed by atoms with Crippen molar-refractivity contribution in [1.82, 2.24) is 25.3 Å². The molecule has 0 radical (unpaired) electrons. The van der Waals surface area contributed by atoms with Gasteiger partial charge >= 0.3 is 6.09 Å². The Labute approximate surface area is 186 Å². The molecule has 2 unspecified atom stereocenters. The molecule has 1 amide bonds. The maximum Gasteiger partial charge on any atom is 0.407 e. The van der Waals surface area contributed by atoms with Crippen molar-refractivity contribution in [2.75, 3.05) is 12.4 Å². The first-order valence-corrected chi connectivity index (χ1v) is 11.2. The first-order chi connectivity index (χ1) is 15.4. The van der Waals surface area contributed by atoms with Gasteiger partial charge in [-0.2, -0.15) is 10.2 Å². The van der Waals surface area contributed by atoms with Gasteiger partial charge in [-0.25, -0.2) is 4.79 Å². The van der Waals surface area contributed by atoms with Crippen LogP contribution in [0, 0.1) is 0 Å². The van der Waals surface area contributed by atoms with E-state index in [4.69, 9.17) is 9.47 Å². The van der Waals surface area contributed by atoms with Crippen LogP contribution in [0.4, 0.5) is 16.3 Å². The van der Waals surface area contributed by atoms with Crippen LogP contribution >= 0.6 is 0 Å². The van der Waals surface area contributed by atoms with Crippen molar-refractivity contribution in [2.24, 2.45) is 7.05 Å². The molecule has 32 heavy (non-hydrogen) atoms. The van der Waals surface area contributed by atoms with E-state index in [-0.39, 0.29) is 17.7 Å². The molecular formula is C23H30N6O3. The van der Waals surface area contributed by atoms with Crippen molar-refractivity contribution in [3.05, 3.63) is 35.7 Å². The topological polar surface area (TPSA) is 106 Å². The summed E-state index contributed by atoms with van der Waals surface area (Å²) in [5.41, 5.74) is 3.86. The van der Waals surface area contributed by atoms with Gasteiger partial charge in [0, 0.05) is 42.8 Å². The minimum atomic E-state index is -0.292. The van der Waals surface area contributed by atoms with Gasteiger partial charge in [-0.3, -0.25) is 9.78 Å². The molecule has 9 heteroatoms. The van der Waals surface area contributed by atoms with Crippen molar-refractivity contribution in [1.29, 1.82) is 0 Å². The van der Waals surface area contributed by atoms with Gasteiger partial charge in [0.1, 0.15) is 6.10 Å². The molecule has 2 saturated carbocycles. The summed E-state index contributed by atoms with van der Waals surface area (Å²) in [4.78, 5) is 12.1. The van der Waals surface area contributed by atoms with Crippen molar-refractivity contribution in [3.63, 3.8) is 0 Å². The van der Waals surface area contributed by atoms with Crippen molar-refractivity contribution < 1.29 is 14.3 Å². The molecule has 1 aromatic carbocycles. The van der Waals surface area contributed by atoms with Gasteiger partial charge in [0.25, 0.3) is 0 Å². The Balaban J connectivity index is 1.24. The highest BCUT2D eigenvalue weighted by molar-refractivity contribution is 5.94. The number of anilines is 2. The summed E-state index contributed by atoms with van der Waals surface area (Å²) in [5, 5.41) is 19.7. The summed E-state index contributed by atoms with van der Waals surface area (Å²) in [5.74, 6) is 1.05. The smallest absolute Gasteiger partial charge is 0.407 e. The molecule has 0 bridgehead atoms. The van der Waals surface area contributed by atoms with Crippen LogP contribution < -0.4 is 10.6 Å². The minimum absolute atomic E-state index is 0.0514. The Kier molecular flexibility index (Phi) is 5.28. The molecular weight excluding hydrogens is 408 g/mol. The molecule has 0 spiro atoms. The zero-order valence-corrected chi connectivity index (χ0v) is 18.8. The van der Waals surface area contributed by atoms with Crippen LogP contribution in [0.15, 0.2) is 24.3 Å². The molecule has 170 valence electrons. The van der Waals surface area contributed by atoms with Crippen molar-refractivity contribution in [2.45, 2.75) is 63.2 Å². The van der Waals surface area contributed by atoms with Crippen LogP contribution in [0.25, 0.3) is 10.9 Å². The Morgan fingerprint density at radius 3 is 2.97 bits per heavy atom. The van der Waals surface area contributed by atoms with Crippen molar-refractivity contribution >= 4 is 28.5 Å². The number of aromatic nitrogens is 4. The van der Waals surface area contributed by atoms with E-state index < -0.39 is 0 Å². The number of amides is 1. The van der Waals surface area contributed by atoms with Crippen LogP contribution in [-0.4, -0.2) is 44.8 Å². The lowest BCUT2D eigenvalue weighted by Crippen LogP contribution is -2.36. The zero-order chi connectivity index (χ0) is 22.3. The number of alkyl carbamates (subject to hydrolysis) is 1. The molecule has 2 aliphatic carbocycles. The molecule has 2 aliphatic rings. The van der Waals surface area contributed by atoms with Gasteiger partial charge in [0.05, 0.1) is 23.5 Å². The third-order valence-electron chi connectivity index (χ3n) is 6.58. The zero-order valence-electron chi connectivity index (χ0n) is 18.8. The number of carbonyl (C=O) groups is 1. The van der Waals surface area contributed by atoms with Gasteiger partial charge in [0.15, 0.2) is 5.82 Å². The first kappa shape index (κ1) is 20.8. The lowest BCUT2D eigenvalue weighted by atomic mass is 10.0. The Morgan fingerprint density at radius 2 is 2.19 bits per heavy atom. The third-order valence-corrected chi connectivity index (χ3v) is 6.58. The van der Waals surface area contributed by atoms with Crippen LogP contribution in [0.1, 0.15) is 56.3 Å². The maximum atomic E-state index is 12.1. The SMILES string of the molecule is COCc1nn(C)c2c(Nc3cc(C4CCC(OC(=O)NC5(C)CC5)C4)[nH]n3)cccc12. The van der Waals surface area contributed by atoms with E-state index in [0.717, 1.165) is 65.9 Å². The maximum absolute atomic E-state index is 12.1. The molecule has 2 aromatic heterocycles. The van der Waals surface area contributed by atoms with E-state index >= 15 is 0 Å². The summed E-state index contributed by atoms with van der Waals surface area (Å²) >= 11 is 0. The summed E-state index contributed by atoms with van der Waals surface area (Å²) < 4.78 is 12.8. The van der Waals surface area contributed by atoms with Gasteiger partial charge in [0.2, 0.25) is 0 Å². The lowest BCUT2D eigenvalue weighted by Gasteiger charge is -2.16. The molecule has 3 N–H and O–H groups in total. The summed E-state index contributed by atoms with van der Waals surface area (Å²) in [6.45, 7) is 2.52. The average Bonchev–Trinajstić information content (AvgIpc) is 3.13. The number of nitrogens with zero attached hydrogens (tertiary/aromatic N) is 3. The fourth-order valence-corrected chi connectivity index (χ4v) is 4.57. The average molecular weight is 439 g/mol. The first-order valence-electron chi connectivity index (χ1n) is 11.2. The van der Waals surface area contributed by atoms with Gasteiger partial charge in [-0.15, -0.1) is 0 Å². The number of carbonyl (C=O) groups excluding carboxylic acids is 1. The second-order valence-electron chi connectivity index (χ2n) is 9.26. The largest absolute Gasteiger partial charge is 0.446 e. The van der Waals surface area contributed by atoms with Gasteiger partial charge in [-0.1, -0.05) is 12.1 Å². The van der Waals surface area contributed by atoms with E-state index in [1.165, 1.54) is 0 Å². The fourth-order valence-electron chi connectivity index (χ4n) is 4.57. The van der Waals surface area contributed by atoms with E-state index in [0.29, 0.717) is 12.5 Å². The Hall–Kier alpha value is -3.07. The number of ether oxygens (including phenoxy) is 2. The number of aromatic amines is 1. The number of hydrogen-bond acceptors (Lipinski definition) is 6. The number of aryl methyl sites for hydroxylation is 1. The van der Waals surface area contributed by atoms with Crippen LogP contribution in [-0.2, 0) is 23.1 Å². The number of para-hydroxylation sites is 1. The second kappa shape index (κ2) is 8.12. The molecule has 2 heterocycles. The van der Waals surface area contributed by atoms with Crippen LogP contribution in [0.3, 0.4) is 0 Å². The minimum Gasteiger partial charge on any atom is -0.446 e.